The second kappa shape index (κ2) is 6.89. The number of rotatable bonds is 5. The molecule has 0 radical (unpaired) electrons. The number of methoxy groups -OCH3 is 1. The smallest absolute Gasteiger partial charge is 0.222 e. The fourth-order valence-corrected chi connectivity index (χ4v) is 6.30. The van der Waals surface area contributed by atoms with E-state index in [4.69, 9.17) is 9.47 Å². The van der Waals surface area contributed by atoms with E-state index >= 15 is 0 Å². The molecule has 27 heavy (non-hydrogen) atoms. The second-order valence-corrected chi connectivity index (χ2v) is 9.49. The molecule has 3 fully saturated rings. The molecule has 1 spiro atoms. The number of benzene rings is 1. The Morgan fingerprint density at radius 2 is 2.04 bits per heavy atom. The van der Waals surface area contributed by atoms with Gasteiger partial charge in [-0.05, 0) is 54.4 Å². The molecule has 4 rings (SSSR count). The molecule has 1 unspecified atom stereocenters. The summed E-state index contributed by atoms with van der Waals surface area (Å²) in [5, 5.41) is 3.43. The second-order valence-electron chi connectivity index (χ2n) is 9.49. The molecule has 1 aromatic rings. The first kappa shape index (κ1) is 18.9. The standard InChI is InChI=1S/C23H33NO3/c1-15-5-7-16(8-6-15)20-18-13-17-14-23(18,10-12-27-20)21(22(17,2)3)24-19(25)9-11-26-4/h5-8,17-18,20-21H,9-14H2,1-4H3,(H,24,25)/t17-,18-,20-,21-,23?/m1/s1. The zero-order valence-electron chi connectivity index (χ0n) is 17.1. The third-order valence-electron chi connectivity index (χ3n) is 7.75. The molecule has 1 heterocycles. The third-order valence-corrected chi connectivity index (χ3v) is 7.75. The summed E-state index contributed by atoms with van der Waals surface area (Å²) in [4.78, 5) is 12.6. The van der Waals surface area contributed by atoms with Gasteiger partial charge in [-0.2, -0.15) is 0 Å². The molecule has 1 aromatic carbocycles. The van der Waals surface area contributed by atoms with Gasteiger partial charge in [0.2, 0.25) is 5.91 Å². The van der Waals surface area contributed by atoms with Gasteiger partial charge in [0.05, 0.1) is 12.7 Å². The van der Waals surface area contributed by atoms with Gasteiger partial charge in [0.15, 0.2) is 0 Å². The highest BCUT2D eigenvalue weighted by atomic mass is 16.5. The van der Waals surface area contributed by atoms with Gasteiger partial charge in [0.25, 0.3) is 0 Å². The molecule has 2 aliphatic carbocycles. The zero-order chi connectivity index (χ0) is 19.2. The van der Waals surface area contributed by atoms with Gasteiger partial charge >= 0.3 is 0 Å². The van der Waals surface area contributed by atoms with Crippen LogP contribution in [0.1, 0.15) is 56.8 Å². The predicted octanol–water partition coefficient (Wildman–Crippen LogP) is 4.03. The van der Waals surface area contributed by atoms with Crippen molar-refractivity contribution in [2.24, 2.45) is 22.7 Å². The molecule has 148 valence electrons. The van der Waals surface area contributed by atoms with Gasteiger partial charge < -0.3 is 14.8 Å². The minimum Gasteiger partial charge on any atom is -0.384 e. The van der Waals surface area contributed by atoms with Gasteiger partial charge in [-0.25, -0.2) is 0 Å². The largest absolute Gasteiger partial charge is 0.384 e. The van der Waals surface area contributed by atoms with Crippen molar-refractivity contribution < 1.29 is 14.3 Å². The quantitative estimate of drug-likeness (QED) is 0.850. The minimum atomic E-state index is 0.119. The van der Waals surface area contributed by atoms with Gasteiger partial charge in [0.1, 0.15) is 0 Å². The fraction of sp³-hybridized carbons (Fsp3) is 0.696. The van der Waals surface area contributed by atoms with Crippen molar-refractivity contribution in [3.05, 3.63) is 35.4 Å². The lowest BCUT2D eigenvalue weighted by Gasteiger charge is -2.53. The average molecular weight is 372 g/mol. The van der Waals surface area contributed by atoms with Crippen LogP contribution in [0.25, 0.3) is 0 Å². The van der Waals surface area contributed by atoms with Crippen LogP contribution in [0, 0.1) is 29.6 Å². The molecular weight excluding hydrogens is 338 g/mol. The van der Waals surface area contributed by atoms with E-state index in [9.17, 15) is 4.79 Å². The van der Waals surface area contributed by atoms with Crippen LogP contribution in [0.5, 0.6) is 0 Å². The average Bonchev–Trinajstić information content (AvgIpc) is 3.13. The Labute approximate surface area is 163 Å². The van der Waals surface area contributed by atoms with Crippen molar-refractivity contribution in [2.45, 2.75) is 58.6 Å². The normalized spacial score (nSPS) is 36.4. The minimum absolute atomic E-state index is 0.119. The summed E-state index contributed by atoms with van der Waals surface area (Å²) >= 11 is 0. The van der Waals surface area contributed by atoms with Crippen molar-refractivity contribution in [1.29, 1.82) is 0 Å². The first-order valence-electron chi connectivity index (χ1n) is 10.3. The van der Waals surface area contributed by atoms with Gasteiger partial charge in [-0.1, -0.05) is 43.7 Å². The van der Waals surface area contributed by atoms with E-state index in [1.807, 2.05) is 0 Å². The summed E-state index contributed by atoms with van der Waals surface area (Å²) in [6.07, 6.45) is 4.06. The lowest BCUT2D eigenvalue weighted by atomic mass is 9.59. The highest BCUT2D eigenvalue weighted by Crippen LogP contribution is 2.70. The number of hydrogen-bond donors (Lipinski definition) is 1. The molecule has 2 bridgehead atoms. The van der Waals surface area contributed by atoms with Crippen molar-refractivity contribution in [1.82, 2.24) is 5.32 Å². The summed E-state index contributed by atoms with van der Waals surface area (Å²) < 4.78 is 11.4. The predicted molar refractivity (Wildman–Crippen MR) is 105 cm³/mol. The van der Waals surface area contributed by atoms with Gasteiger partial charge in [0, 0.05) is 26.2 Å². The van der Waals surface area contributed by atoms with Crippen molar-refractivity contribution in [3.8, 4) is 0 Å². The maximum Gasteiger partial charge on any atom is 0.222 e. The molecule has 1 aliphatic heterocycles. The molecule has 0 aromatic heterocycles. The van der Waals surface area contributed by atoms with Crippen LogP contribution in [0.2, 0.25) is 0 Å². The van der Waals surface area contributed by atoms with Crippen LogP contribution in [-0.4, -0.2) is 32.3 Å². The van der Waals surface area contributed by atoms with E-state index in [2.05, 4.69) is 50.4 Å². The third kappa shape index (κ3) is 3.01. The number of hydrogen-bond acceptors (Lipinski definition) is 3. The van der Waals surface area contributed by atoms with Crippen LogP contribution in [-0.2, 0) is 14.3 Å². The van der Waals surface area contributed by atoms with E-state index in [1.54, 1.807) is 7.11 Å². The Morgan fingerprint density at radius 1 is 1.30 bits per heavy atom. The van der Waals surface area contributed by atoms with Crippen LogP contribution >= 0.6 is 0 Å². The Bertz CT molecular complexity index is 698. The first-order chi connectivity index (χ1) is 12.9. The van der Waals surface area contributed by atoms with E-state index in [1.165, 1.54) is 24.0 Å². The summed E-state index contributed by atoms with van der Waals surface area (Å²) in [6, 6.07) is 9.03. The molecule has 1 N–H and O–H groups in total. The Balaban J connectivity index is 1.62. The lowest BCUT2D eigenvalue weighted by Crippen LogP contribution is -2.59. The molecule has 4 heteroatoms. The number of amides is 1. The van der Waals surface area contributed by atoms with Crippen LogP contribution < -0.4 is 5.32 Å². The van der Waals surface area contributed by atoms with Gasteiger partial charge in [-0.15, -0.1) is 0 Å². The number of ether oxygens (including phenoxy) is 2. The molecule has 2 saturated carbocycles. The Kier molecular flexibility index (Phi) is 4.84. The monoisotopic (exact) mass is 371 g/mol. The molecule has 3 aliphatic rings. The highest BCUT2D eigenvalue weighted by molar-refractivity contribution is 5.76. The van der Waals surface area contributed by atoms with E-state index in [0.717, 1.165) is 13.0 Å². The summed E-state index contributed by atoms with van der Waals surface area (Å²) in [6.45, 7) is 8.08. The zero-order valence-corrected chi connectivity index (χ0v) is 17.1. The van der Waals surface area contributed by atoms with Crippen molar-refractivity contribution >= 4 is 5.91 Å². The van der Waals surface area contributed by atoms with Crippen molar-refractivity contribution in [3.63, 3.8) is 0 Å². The Hall–Kier alpha value is -1.39. The van der Waals surface area contributed by atoms with Crippen LogP contribution in [0.15, 0.2) is 24.3 Å². The maximum absolute atomic E-state index is 12.6. The van der Waals surface area contributed by atoms with E-state index in [0.29, 0.717) is 24.9 Å². The highest BCUT2D eigenvalue weighted by Gasteiger charge is 2.68. The summed E-state index contributed by atoms with van der Waals surface area (Å²) in [5.41, 5.74) is 2.86. The maximum atomic E-state index is 12.6. The van der Waals surface area contributed by atoms with Crippen LogP contribution in [0.4, 0.5) is 0 Å². The summed E-state index contributed by atoms with van der Waals surface area (Å²) in [7, 11) is 1.65. The van der Waals surface area contributed by atoms with Gasteiger partial charge in [-0.3, -0.25) is 4.79 Å². The SMILES string of the molecule is COCCC(=O)N[C@@H]1C(C)(C)[C@@H]2C[C@@H]3[C@@H](c4ccc(C)cc4)OCCC31C2. The molecule has 4 nitrogen and oxygen atoms in total. The molecule has 1 amide bonds. The topological polar surface area (TPSA) is 47.6 Å². The number of nitrogens with one attached hydrogen (secondary N) is 1. The molecular formula is C23H33NO3. The summed E-state index contributed by atoms with van der Waals surface area (Å²) in [5.74, 6) is 1.25. The number of carbonyl (C=O) groups is 1. The number of aryl methyl sites for hydroxylation is 1. The van der Waals surface area contributed by atoms with E-state index in [-0.39, 0.29) is 28.9 Å². The molecule has 1 saturated heterocycles. The first-order valence-corrected chi connectivity index (χ1v) is 10.3. The lowest BCUT2D eigenvalue weighted by molar-refractivity contribution is -0.137. The Morgan fingerprint density at radius 3 is 2.74 bits per heavy atom. The number of carbonyl (C=O) groups excluding carboxylic acids is 1. The van der Waals surface area contributed by atoms with Crippen LogP contribution in [0.3, 0.4) is 0 Å². The fourth-order valence-electron chi connectivity index (χ4n) is 6.30. The molecule has 5 atom stereocenters. The van der Waals surface area contributed by atoms with Crippen molar-refractivity contribution in [2.75, 3.05) is 20.3 Å². The van der Waals surface area contributed by atoms with E-state index < -0.39 is 0 Å². The number of fused-ring (bicyclic) bond motifs is 1.